The van der Waals surface area contributed by atoms with Gasteiger partial charge < -0.3 is 14.2 Å². The van der Waals surface area contributed by atoms with Gasteiger partial charge in [-0.05, 0) is 44.0 Å². The second-order valence-electron chi connectivity index (χ2n) is 7.33. The maximum absolute atomic E-state index is 13.2. The van der Waals surface area contributed by atoms with Gasteiger partial charge in [-0.1, -0.05) is 53.7 Å². The van der Waals surface area contributed by atoms with Crippen molar-refractivity contribution in [1.29, 1.82) is 0 Å². The molecular weight excluding hydrogens is 420 g/mol. The third-order valence-corrected chi connectivity index (χ3v) is 6.63. The monoisotopic (exact) mass is 442 g/mol. The smallest absolute Gasteiger partial charge is 0.240 e. The van der Waals surface area contributed by atoms with Crippen molar-refractivity contribution in [1.82, 2.24) is 14.8 Å². The van der Waals surface area contributed by atoms with Crippen LogP contribution in [-0.4, -0.2) is 32.0 Å². The first-order valence-corrected chi connectivity index (χ1v) is 11.0. The SMILES string of the molecule is CC(Sc1nnc(COc2ccccc2Cl)n1C)C(=O)N1c2ccccc2CC1C. The van der Waals surface area contributed by atoms with Gasteiger partial charge in [0.15, 0.2) is 11.0 Å². The molecule has 30 heavy (non-hydrogen) atoms. The van der Waals surface area contributed by atoms with Crippen LogP contribution in [0.1, 0.15) is 25.2 Å². The summed E-state index contributed by atoms with van der Waals surface area (Å²) in [7, 11) is 1.87. The molecule has 2 aromatic carbocycles. The van der Waals surface area contributed by atoms with E-state index >= 15 is 0 Å². The summed E-state index contributed by atoms with van der Waals surface area (Å²) in [6.45, 7) is 4.24. The van der Waals surface area contributed by atoms with Crippen LogP contribution >= 0.6 is 23.4 Å². The molecule has 1 aromatic heterocycles. The quantitative estimate of drug-likeness (QED) is 0.526. The van der Waals surface area contributed by atoms with Crippen LogP contribution in [-0.2, 0) is 24.9 Å². The molecule has 2 atom stereocenters. The van der Waals surface area contributed by atoms with Crippen LogP contribution in [0.4, 0.5) is 5.69 Å². The summed E-state index contributed by atoms with van der Waals surface area (Å²) in [6.07, 6.45) is 0.882. The van der Waals surface area contributed by atoms with E-state index in [0.29, 0.717) is 21.8 Å². The van der Waals surface area contributed by atoms with Crippen LogP contribution in [0.25, 0.3) is 0 Å². The number of fused-ring (bicyclic) bond motifs is 1. The minimum absolute atomic E-state index is 0.0781. The van der Waals surface area contributed by atoms with E-state index in [1.54, 1.807) is 6.07 Å². The number of halogens is 1. The molecule has 0 radical (unpaired) electrons. The summed E-state index contributed by atoms with van der Waals surface area (Å²) in [5, 5.41) is 9.41. The fourth-order valence-electron chi connectivity index (χ4n) is 3.58. The lowest BCUT2D eigenvalue weighted by Gasteiger charge is -2.25. The molecule has 156 valence electrons. The third-order valence-electron chi connectivity index (χ3n) is 5.19. The average molecular weight is 443 g/mol. The Morgan fingerprint density at radius 1 is 1.23 bits per heavy atom. The topological polar surface area (TPSA) is 60.3 Å². The molecule has 2 heterocycles. The van der Waals surface area contributed by atoms with Crippen LogP contribution in [0.15, 0.2) is 53.7 Å². The van der Waals surface area contributed by atoms with Gasteiger partial charge in [-0.2, -0.15) is 0 Å². The number of rotatable bonds is 6. The number of nitrogens with zero attached hydrogens (tertiary/aromatic N) is 4. The number of hydrogen-bond donors (Lipinski definition) is 0. The van der Waals surface area contributed by atoms with Crippen molar-refractivity contribution in [3.8, 4) is 5.75 Å². The standard InChI is InChI=1S/C22H23ClN4O2S/c1-14-12-16-8-4-6-10-18(16)27(14)21(28)15(2)30-22-25-24-20(26(22)3)13-29-19-11-7-5-9-17(19)23/h4-11,14-15H,12-13H2,1-3H3. The van der Waals surface area contributed by atoms with Gasteiger partial charge >= 0.3 is 0 Å². The molecule has 1 aliphatic rings. The molecule has 2 unspecified atom stereocenters. The highest BCUT2D eigenvalue weighted by Gasteiger charge is 2.34. The lowest BCUT2D eigenvalue weighted by atomic mass is 10.1. The van der Waals surface area contributed by atoms with Crippen LogP contribution in [0.5, 0.6) is 5.75 Å². The minimum Gasteiger partial charge on any atom is -0.484 e. The van der Waals surface area contributed by atoms with Gasteiger partial charge in [0.25, 0.3) is 0 Å². The van der Waals surface area contributed by atoms with Crippen LogP contribution < -0.4 is 9.64 Å². The Kier molecular flexibility index (Phi) is 6.01. The van der Waals surface area contributed by atoms with E-state index in [1.165, 1.54) is 17.3 Å². The summed E-state index contributed by atoms with van der Waals surface area (Å²) in [5.74, 6) is 1.34. The molecule has 0 spiro atoms. The summed E-state index contributed by atoms with van der Waals surface area (Å²) in [4.78, 5) is 15.1. The van der Waals surface area contributed by atoms with Gasteiger partial charge in [0.2, 0.25) is 5.91 Å². The molecule has 0 saturated carbocycles. The molecule has 3 aromatic rings. The fraction of sp³-hybridized carbons (Fsp3) is 0.318. The zero-order valence-electron chi connectivity index (χ0n) is 17.1. The number of benzene rings is 2. The third kappa shape index (κ3) is 4.04. The summed E-state index contributed by atoms with van der Waals surface area (Å²) in [5.41, 5.74) is 2.22. The summed E-state index contributed by atoms with van der Waals surface area (Å²) >= 11 is 7.54. The molecule has 0 bridgehead atoms. The van der Waals surface area contributed by atoms with Crippen molar-refractivity contribution >= 4 is 35.0 Å². The van der Waals surface area contributed by atoms with Crippen molar-refractivity contribution in [2.45, 2.75) is 43.3 Å². The number of anilines is 1. The van der Waals surface area contributed by atoms with E-state index in [4.69, 9.17) is 16.3 Å². The summed E-state index contributed by atoms with van der Waals surface area (Å²) in [6, 6.07) is 15.5. The Labute approximate surface area is 185 Å². The molecule has 0 N–H and O–H groups in total. The largest absolute Gasteiger partial charge is 0.484 e. The number of carbonyl (C=O) groups excluding carboxylic acids is 1. The van der Waals surface area contributed by atoms with Gasteiger partial charge in [-0.25, -0.2) is 0 Å². The van der Waals surface area contributed by atoms with E-state index in [0.717, 1.165) is 12.1 Å². The average Bonchev–Trinajstić information content (AvgIpc) is 3.25. The molecule has 6 nitrogen and oxygen atoms in total. The molecule has 0 fully saturated rings. The van der Waals surface area contributed by atoms with Crippen molar-refractivity contribution in [2.75, 3.05) is 4.90 Å². The highest BCUT2D eigenvalue weighted by molar-refractivity contribution is 8.00. The zero-order chi connectivity index (χ0) is 21.3. The van der Waals surface area contributed by atoms with E-state index in [2.05, 4.69) is 23.2 Å². The molecule has 1 amide bonds. The van der Waals surface area contributed by atoms with E-state index in [1.807, 2.05) is 59.8 Å². The van der Waals surface area contributed by atoms with E-state index in [9.17, 15) is 4.79 Å². The molecular formula is C22H23ClN4O2S. The number of thioether (sulfide) groups is 1. The number of aromatic nitrogens is 3. The molecule has 8 heteroatoms. The Morgan fingerprint density at radius 3 is 2.77 bits per heavy atom. The van der Waals surface area contributed by atoms with Crippen molar-refractivity contribution in [3.63, 3.8) is 0 Å². The predicted molar refractivity (Wildman–Crippen MR) is 119 cm³/mol. The van der Waals surface area contributed by atoms with Crippen LogP contribution in [0.2, 0.25) is 5.02 Å². The Morgan fingerprint density at radius 2 is 1.97 bits per heavy atom. The number of amides is 1. The second kappa shape index (κ2) is 8.70. The Hall–Kier alpha value is -2.51. The molecule has 0 saturated heterocycles. The lowest BCUT2D eigenvalue weighted by molar-refractivity contribution is -0.118. The highest BCUT2D eigenvalue weighted by Crippen LogP contribution is 2.34. The lowest BCUT2D eigenvalue weighted by Crippen LogP contribution is -2.40. The Bertz CT molecular complexity index is 1070. The normalized spacial score (nSPS) is 16.4. The fourth-order valence-corrected chi connectivity index (χ4v) is 4.66. The molecule has 4 rings (SSSR count). The maximum atomic E-state index is 13.2. The zero-order valence-corrected chi connectivity index (χ0v) is 18.7. The minimum atomic E-state index is -0.293. The van der Waals surface area contributed by atoms with E-state index < -0.39 is 0 Å². The number of ether oxygens (including phenoxy) is 1. The summed E-state index contributed by atoms with van der Waals surface area (Å²) < 4.78 is 7.62. The predicted octanol–water partition coefficient (Wildman–Crippen LogP) is 4.51. The number of hydrogen-bond acceptors (Lipinski definition) is 5. The Balaban J connectivity index is 1.43. The van der Waals surface area contributed by atoms with Crippen LogP contribution in [0.3, 0.4) is 0 Å². The number of para-hydroxylation sites is 2. The van der Waals surface area contributed by atoms with Crippen molar-refractivity contribution in [3.05, 3.63) is 64.9 Å². The maximum Gasteiger partial charge on any atom is 0.240 e. The van der Waals surface area contributed by atoms with Crippen LogP contribution in [0, 0.1) is 0 Å². The first kappa shape index (κ1) is 20.8. The molecule has 0 aliphatic carbocycles. The molecule has 1 aliphatic heterocycles. The first-order valence-electron chi connectivity index (χ1n) is 9.79. The van der Waals surface area contributed by atoms with Gasteiger partial charge in [0, 0.05) is 18.8 Å². The van der Waals surface area contributed by atoms with Gasteiger partial charge in [0.1, 0.15) is 12.4 Å². The van der Waals surface area contributed by atoms with Crippen molar-refractivity contribution in [2.24, 2.45) is 7.05 Å². The van der Waals surface area contributed by atoms with E-state index in [-0.39, 0.29) is 23.8 Å². The van der Waals surface area contributed by atoms with Gasteiger partial charge in [0.05, 0.1) is 10.3 Å². The van der Waals surface area contributed by atoms with Crippen molar-refractivity contribution < 1.29 is 9.53 Å². The number of carbonyl (C=O) groups is 1. The first-order chi connectivity index (χ1) is 14.5. The second-order valence-corrected chi connectivity index (χ2v) is 9.04. The highest BCUT2D eigenvalue weighted by atomic mass is 35.5. The van der Waals surface area contributed by atoms with Gasteiger partial charge in [-0.3, -0.25) is 4.79 Å². The van der Waals surface area contributed by atoms with Gasteiger partial charge in [-0.15, -0.1) is 10.2 Å².